The molecule has 0 aliphatic heterocycles. The zero-order chi connectivity index (χ0) is 38.2. The highest BCUT2D eigenvalue weighted by molar-refractivity contribution is 6.19. The van der Waals surface area contributed by atoms with Crippen LogP contribution < -0.4 is 0 Å². The molecule has 0 amide bonds. The van der Waals surface area contributed by atoms with Gasteiger partial charge in [0.2, 0.25) is 0 Å². The molecule has 9 aromatic carbocycles. The number of rotatable bonds is 5. The number of nitrogens with zero attached hydrogens (tertiary/aromatic N) is 3. The average Bonchev–Trinajstić information content (AvgIpc) is 3.88. The van der Waals surface area contributed by atoms with E-state index in [-0.39, 0.29) is 0 Å². The molecule has 5 heteroatoms. The van der Waals surface area contributed by atoms with Gasteiger partial charge in [-0.25, -0.2) is 15.0 Å². The van der Waals surface area contributed by atoms with Crippen molar-refractivity contribution < 1.29 is 8.83 Å². The van der Waals surface area contributed by atoms with Crippen LogP contribution in [0, 0.1) is 0 Å². The van der Waals surface area contributed by atoms with Crippen molar-refractivity contribution in [1.29, 1.82) is 0 Å². The Hall–Kier alpha value is -7.89. The molecule has 0 unspecified atom stereocenters. The Labute approximate surface area is 332 Å². The summed E-state index contributed by atoms with van der Waals surface area (Å²) in [6.07, 6.45) is 0. The third-order valence-corrected chi connectivity index (χ3v) is 11.3. The summed E-state index contributed by atoms with van der Waals surface area (Å²) >= 11 is 0. The summed E-state index contributed by atoms with van der Waals surface area (Å²) in [5.74, 6) is 1.79. The summed E-state index contributed by atoms with van der Waals surface area (Å²) in [5, 5.41) is 9.00. The molecule has 0 saturated carbocycles. The van der Waals surface area contributed by atoms with Gasteiger partial charge in [-0.1, -0.05) is 146 Å². The zero-order valence-electron chi connectivity index (χ0n) is 31.1. The molecule has 12 aromatic rings. The van der Waals surface area contributed by atoms with Crippen LogP contribution in [0.5, 0.6) is 0 Å². The number of benzene rings is 9. The van der Waals surface area contributed by atoms with Crippen LogP contribution in [0.4, 0.5) is 0 Å². The fourth-order valence-electron chi connectivity index (χ4n) is 8.47. The predicted molar refractivity (Wildman–Crippen MR) is 237 cm³/mol. The molecule has 270 valence electrons. The molecule has 0 spiro atoms. The second-order valence-corrected chi connectivity index (χ2v) is 14.8. The van der Waals surface area contributed by atoms with E-state index in [2.05, 4.69) is 152 Å². The fraction of sp³-hybridized carbons (Fsp3) is 0. The molecule has 0 atom stereocenters. The maximum Gasteiger partial charge on any atom is 0.164 e. The van der Waals surface area contributed by atoms with Crippen LogP contribution >= 0.6 is 0 Å². The molecule has 0 aliphatic rings. The van der Waals surface area contributed by atoms with E-state index in [1.807, 2.05) is 36.4 Å². The topological polar surface area (TPSA) is 65.0 Å². The summed E-state index contributed by atoms with van der Waals surface area (Å²) < 4.78 is 12.5. The van der Waals surface area contributed by atoms with E-state index in [1.165, 1.54) is 10.8 Å². The quantitative estimate of drug-likeness (QED) is 0.176. The summed E-state index contributed by atoms with van der Waals surface area (Å²) in [6.45, 7) is 0. The highest BCUT2D eigenvalue weighted by Crippen LogP contribution is 2.39. The van der Waals surface area contributed by atoms with Gasteiger partial charge in [0.15, 0.2) is 17.5 Å². The van der Waals surface area contributed by atoms with E-state index in [0.717, 1.165) is 93.6 Å². The van der Waals surface area contributed by atoms with Crippen molar-refractivity contribution in [3.05, 3.63) is 188 Å². The zero-order valence-corrected chi connectivity index (χ0v) is 31.1. The minimum absolute atomic E-state index is 0.594. The number of hydrogen-bond acceptors (Lipinski definition) is 5. The largest absolute Gasteiger partial charge is 0.456 e. The lowest BCUT2D eigenvalue weighted by Gasteiger charge is -2.11. The van der Waals surface area contributed by atoms with Gasteiger partial charge in [-0.05, 0) is 86.3 Å². The average molecular weight is 742 g/mol. The van der Waals surface area contributed by atoms with Crippen molar-refractivity contribution in [3.63, 3.8) is 0 Å². The van der Waals surface area contributed by atoms with Crippen LogP contribution in [0.15, 0.2) is 197 Å². The Kier molecular flexibility index (Phi) is 7.16. The van der Waals surface area contributed by atoms with E-state index in [0.29, 0.717) is 17.5 Å². The normalized spacial score (nSPS) is 11.8. The third kappa shape index (κ3) is 5.29. The highest BCUT2D eigenvalue weighted by Gasteiger charge is 2.18. The SMILES string of the molecule is c1cc(-c2nc(-c3ccc(-c4ccc5ccccc5c4)cc3)nc(-c3ccc4ccc5oc6ccccc6c5c4c3)n2)cc(-c2cccc3oc4ccccc4c23)c1. The standard InChI is InChI=1S/C53H31N3O2/c1-2-10-36-29-37(25-21-32(36)9-1)33-19-23-35(24-20-33)51-54-52(39-12-7-11-38(30-39)41-15-8-18-47-49(41)42-13-3-5-16-45(42)57-47)56-53(55-51)40-26-22-34-27-28-48-50(44(34)31-40)43-14-4-6-17-46(43)58-48/h1-31H. The number of fused-ring (bicyclic) bond motifs is 9. The summed E-state index contributed by atoms with van der Waals surface area (Å²) in [5.41, 5.74) is 10.6. The van der Waals surface area contributed by atoms with E-state index in [9.17, 15) is 0 Å². The Bertz CT molecular complexity index is 3580. The maximum absolute atomic E-state index is 6.27. The van der Waals surface area contributed by atoms with E-state index < -0.39 is 0 Å². The molecule has 3 aromatic heterocycles. The van der Waals surface area contributed by atoms with Gasteiger partial charge in [0.25, 0.3) is 0 Å². The molecule has 0 aliphatic carbocycles. The van der Waals surface area contributed by atoms with Crippen LogP contribution in [0.3, 0.4) is 0 Å². The van der Waals surface area contributed by atoms with Crippen LogP contribution in [0.2, 0.25) is 0 Å². The Morgan fingerprint density at radius 1 is 0.276 bits per heavy atom. The molecule has 0 N–H and O–H groups in total. The van der Waals surface area contributed by atoms with Gasteiger partial charge in [-0.2, -0.15) is 0 Å². The van der Waals surface area contributed by atoms with Gasteiger partial charge in [-0.15, -0.1) is 0 Å². The van der Waals surface area contributed by atoms with Crippen LogP contribution in [0.25, 0.3) is 122 Å². The van der Waals surface area contributed by atoms with Gasteiger partial charge < -0.3 is 8.83 Å². The molecular formula is C53H31N3O2. The third-order valence-electron chi connectivity index (χ3n) is 11.3. The Morgan fingerprint density at radius 3 is 1.60 bits per heavy atom. The number of furan rings is 2. The molecule has 5 nitrogen and oxygen atoms in total. The van der Waals surface area contributed by atoms with Crippen molar-refractivity contribution in [2.24, 2.45) is 0 Å². The van der Waals surface area contributed by atoms with Gasteiger partial charge in [-0.3, -0.25) is 0 Å². The fourth-order valence-corrected chi connectivity index (χ4v) is 8.47. The van der Waals surface area contributed by atoms with Gasteiger partial charge >= 0.3 is 0 Å². The molecule has 0 saturated heterocycles. The lowest BCUT2D eigenvalue weighted by molar-refractivity contribution is 0.668. The van der Waals surface area contributed by atoms with E-state index in [4.69, 9.17) is 23.8 Å². The number of para-hydroxylation sites is 2. The van der Waals surface area contributed by atoms with Crippen LogP contribution in [-0.2, 0) is 0 Å². The predicted octanol–water partition coefficient (Wildman–Crippen LogP) is 14.3. The van der Waals surface area contributed by atoms with Crippen molar-refractivity contribution in [2.45, 2.75) is 0 Å². The van der Waals surface area contributed by atoms with Crippen molar-refractivity contribution >= 4 is 65.4 Å². The minimum Gasteiger partial charge on any atom is -0.456 e. The van der Waals surface area contributed by atoms with Crippen molar-refractivity contribution in [1.82, 2.24) is 15.0 Å². The molecule has 0 radical (unpaired) electrons. The molecular weight excluding hydrogens is 711 g/mol. The Balaban J connectivity index is 1.02. The first kappa shape index (κ1) is 32.4. The lowest BCUT2D eigenvalue weighted by atomic mass is 9.97. The molecule has 12 rings (SSSR count). The van der Waals surface area contributed by atoms with Gasteiger partial charge in [0.05, 0.1) is 0 Å². The molecule has 58 heavy (non-hydrogen) atoms. The summed E-state index contributed by atoms with van der Waals surface area (Å²) in [7, 11) is 0. The van der Waals surface area contributed by atoms with Crippen molar-refractivity contribution in [2.75, 3.05) is 0 Å². The highest BCUT2D eigenvalue weighted by atomic mass is 16.3. The number of hydrogen-bond donors (Lipinski definition) is 0. The summed E-state index contributed by atoms with van der Waals surface area (Å²) in [4.78, 5) is 15.5. The van der Waals surface area contributed by atoms with Crippen LogP contribution in [-0.4, -0.2) is 15.0 Å². The van der Waals surface area contributed by atoms with Gasteiger partial charge in [0, 0.05) is 38.2 Å². The number of aromatic nitrogens is 3. The first-order chi connectivity index (χ1) is 28.7. The summed E-state index contributed by atoms with van der Waals surface area (Å²) in [6, 6.07) is 65.2. The monoisotopic (exact) mass is 741 g/mol. The molecule has 0 bridgehead atoms. The van der Waals surface area contributed by atoms with Crippen molar-refractivity contribution in [3.8, 4) is 56.4 Å². The van der Waals surface area contributed by atoms with Crippen LogP contribution in [0.1, 0.15) is 0 Å². The van der Waals surface area contributed by atoms with E-state index >= 15 is 0 Å². The van der Waals surface area contributed by atoms with Gasteiger partial charge in [0.1, 0.15) is 22.3 Å². The lowest BCUT2D eigenvalue weighted by Crippen LogP contribution is -2.00. The maximum atomic E-state index is 6.27. The second-order valence-electron chi connectivity index (χ2n) is 14.8. The smallest absolute Gasteiger partial charge is 0.164 e. The minimum atomic E-state index is 0.594. The molecule has 3 heterocycles. The first-order valence-corrected chi connectivity index (χ1v) is 19.4. The van der Waals surface area contributed by atoms with E-state index in [1.54, 1.807) is 0 Å². The Morgan fingerprint density at radius 2 is 0.810 bits per heavy atom. The molecule has 0 fully saturated rings. The second kappa shape index (κ2) is 12.8. The first-order valence-electron chi connectivity index (χ1n) is 19.4.